The zero-order valence-electron chi connectivity index (χ0n) is 9.64. The molecule has 2 atom stereocenters. The molecule has 0 aliphatic carbocycles. The fraction of sp³-hybridized carbons (Fsp3) is 0.364. The van der Waals surface area contributed by atoms with E-state index in [0.29, 0.717) is 15.3 Å². The molecule has 0 aromatic heterocycles. The van der Waals surface area contributed by atoms with Gasteiger partial charge in [0.1, 0.15) is 5.82 Å². The van der Waals surface area contributed by atoms with E-state index in [4.69, 9.17) is 12.2 Å². The van der Waals surface area contributed by atoms with Crippen molar-refractivity contribution < 1.29 is 12.8 Å². The molecule has 102 valence electrons. The normalized spacial score (nSPS) is 28.3. The molecule has 0 amide bonds. The number of rotatable bonds is 1. The highest BCUT2D eigenvalue weighted by molar-refractivity contribution is 9.10. The Morgan fingerprint density at radius 2 is 2.16 bits per heavy atom. The number of halogens is 2. The molecule has 4 nitrogen and oxygen atoms in total. The van der Waals surface area contributed by atoms with E-state index in [1.165, 1.54) is 6.07 Å². The summed E-state index contributed by atoms with van der Waals surface area (Å²) in [4.78, 5) is 1.58. The molecule has 2 aliphatic rings. The van der Waals surface area contributed by atoms with Gasteiger partial charge in [0.05, 0.1) is 29.3 Å². The zero-order valence-corrected chi connectivity index (χ0v) is 12.9. The van der Waals surface area contributed by atoms with Crippen molar-refractivity contribution in [2.45, 2.75) is 12.1 Å². The molecule has 0 bridgehead atoms. The van der Waals surface area contributed by atoms with Crippen LogP contribution in [0.4, 0.5) is 10.1 Å². The van der Waals surface area contributed by atoms with Crippen LogP contribution in [0.3, 0.4) is 0 Å². The van der Waals surface area contributed by atoms with E-state index in [1.54, 1.807) is 17.0 Å². The number of nitrogens with one attached hydrogen (secondary N) is 1. The van der Waals surface area contributed by atoms with Gasteiger partial charge in [-0.1, -0.05) is 15.9 Å². The number of sulfone groups is 1. The average molecular weight is 365 g/mol. The van der Waals surface area contributed by atoms with Crippen LogP contribution in [0.15, 0.2) is 22.7 Å². The van der Waals surface area contributed by atoms with Crippen LogP contribution in [-0.2, 0) is 9.84 Å². The first kappa shape index (κ1) is 13.3. The number of anilines is 1. The van der Waals surface area contributed by atoms with E-state index in [2.05, 4.69) is 21.2 Å². The second-order valence-corrected chi connectivity index (χ2v) is 8.12. The molecular weight excluding hydrogens is 355 g/mol. The lowest BCUT2D eigenvalue weighted by Gasteiger charge is -2.23. The Morgan fingerprint density at radius 1 is 1.42 bits per heavy atom. The number of benzene rings is 1. The highest BCUT2D eigenvalue weighted by atomic mass is 79.9. The number of hydrogen-bond acceptors (Lipinski definition) is 3. The maximum absolute atomic E-state index is 14.0. The second-order valence-electron chi connectivity index (χ2n) is 4.67. The molecule has 0 spiro atoms. The summed E-state index contributed by atoms with van der Waals surface area (Å²) in [7, 11) is -3.09. The first-order valence-corrected chi connectivity index (χ1v) is 8.65. The van der Waals surface area contributed by atoms with E-state index in [9.17, 15) is 12.8 Å². The molecule has 0 saturated carbocycles. The van der Waals surface area contributed by atoms with Crippen LogP contribution < -0.4 is 10.2 Å². The predicted octanol–water partition coefficient (Wildman–Crippen LogP) is 1.45. The quantitative estimate of drug-likeness (QED) is 0.764. The SMILES string of the molecule is O=S1(=O)C[C@@H]2NC(=S)N(c3ccc(Br)cc3F)[C@@H]2C1. The fourth-order valence-corrected chi connectivity index (χ4v) is 5.17. The lowest BCUT2D eigenvalue weighted by Crippen LogP contribution is -2.37. The topological polar surface area (TPSA) is 49.4 Å². The van der Waals surface area contributed by atoms with Crippen LogP contribution in [-0.4, -0.2) is 37.1 Å². The largest absolute Gasteiger partial charge is 0.356 e. The van der Waals surface area contributed by atoms with E-state index >= 15 is 0 Å². The summed E-state index contributed by atoms with van der Waals surface area (Å²) in [6.07, 6.45) is 0. The molecule has 2 fully saturated rings. The molecular formula is C11H10BrFN2O2S2. The summed E-state index contributed by atoms with van der Waals surface area (Å²) in [5.41, 5.74) is 0.310. The number of thiocarbonyl (C=S) groups is 1. The molecule has 19 heavy (non-hydrogen) atoms. The van der Waals surface area contributed by atoms with Gasteiger partial charge in [-0.2, -0.15) is 0 Å². The van der Waals surface area contributed by atoms with Crippen molar-refractivity contribution in [3.05, 3.63) is 28.5 Å². The van der Waals surface area contributed by atoms with Crippen molar-refractivity contribution in [1.82, 2.24) is 5.32 Å². The molecule has 0 unspecified atom stereocenters. The van der Waals surface area contributed by atoms with E-state index in [0.717, 1.165) is 0 Å². The van der Waals surface area contributed by atoms with Crippen molar-refractivity contribution >= 4 is 48.8 Å². The summed E-state index contributed by atoms with van der Waals surface area (Å²) in [6, 6.07) is 4.07. The molecule has 1 aromatic rings. The van der Waals surface area contributed by atoms with Crippen LogP contribution in [0.2, 0.25) is 0 Å². The Labute approximate surface area is 124 Å². The minimum Gasteiger partial charge on any atom is -0.356 e. The third-order valence-corrected chi connectivity index (χ3v) is 5.88. The number of hydrogen-bond donors (Lipinski definition) is 1. The van der Waals surface area contributed by atoms with Crippen molar-refractivity contribution in [1.29, 1.82) is 0 Å². The summed E-state index contributed by atoms with van der Waals surface area (Å²) in [5, 5.41) is 3.34. The minimum absolute atomic E-state index is 0.000308. The highest BCUT2D eigenvalue weighted by Crippen LogP contribution is 2.32. The van der Waals surface area contributed by atoms with Gasteiger partial charge in [-0.05, 0) is 30.4 Å². The molecule has 1 aromatic carbocycles. The Hall–Kier alpha value is -0.730. The Morgan fingerprint density at radius 3 is 2.84 bits per heavy atom. The summed E-state index contributed by atoms with van der Waals surface area (Å²) < 4.78 is 38.0. The average Bonchev–Trinajstić information content (AvgIpc) is 2.70. The molecule has 2 saturated heterocycles. The van der Waals surface area contributed by atoms with Gasteiger partial charge in [-0.3, -0.25) is 0 Å². The summed E-state index contributed by atoms with van der Waals surface area (Å²) in [5.74, 6) is -0.379. The van der Waals surface area contributed by atoms with Gasteiger partial charge in [0, 0.05) is 4.47 Å². The molecule has 8 heteroatoms. The van der Waals surface area contributed by atoms with Gasteiger partial charge in [-0.25, -0.2) is 12.8 Å². The van der Waals surface area contributed by atoms with Gasteiger partial charge < -0.3 is 10.2 Å². The van der Waals surface area contributed by atoms with Crippen molar-refractivity contribution in [2.24, 2.45) is 0 Å². The number of fused-ring (bicyclic) bond motifs is 1. The second kappa shape index (κ2) is 4.39. The highest BCUT2D eigenvalue weighted by Gasteiger charge is 2.48. The van der Waals surface area contributed by atoms with Gasteiger partial charge in [-0.15, -0.1) is 0 Å². The standard InChI is InChI=1S/C11H10BrFN2O2S2/c12-6-1-2-9(7(13)3-6)15-10-5-19(16,17)4-8(10)14-11(15)18/h1-3,8,10H,4-5H2,(H,14,18)/t8-,10+/m0/s1. The summed E-state index contributed by atoms with van der Waals surface area (Å²) >= 11 is 8.38. The van der Waals surface area contributed by atoms with Crippen molar-refractivity contribution in [2.75, 3.05) is 16.4 Å². The van der Waals surface area contributed by atoms with Crippen molar-refractivity contribution in [3.63, 3.8) is 0 Å². The zero-order chi connectivity index (χ0) is 13.8. The first-order valence-electron chi connectivity index (χ1n) is 5.62. The molecule has 2 heterocycles. The van der Waals surface area contributed by atoms with Crippen molar-refractivity contribution in [3.8, 4) is 0 Å². The molecule has 0 radical (unpaired) electrons. The van der Waals surface area contributed by atoms with Gasteiger partial charge in [0.25, 0.3) is 0 Å². The van der Waals surface area contributed by atoms with Crippen LogP contribution >= 0.6 is 28.1 Å². The van der Waals surface area contributed by atoms with Crippen LogP contribution in [0.1, 0.15) is 0 Å². The van der Waals surface area contributed by atoms with E-state index in [1.807, 2.05) is 0 Å². The van der Waals surface area contributed by atoms with E-state index in [-0.39, 0.29) is 23.6 Å². The van der Waals surface area contributed by atoms with Crippen LogP contribution in [0, 0.1) is 5.82 Å². The molecule has 3 rings (SSSR count). The van der Waals surface area contributed by atoms with Gasteiger partial charge >= 0.3 is 0 Å². The Balaban J connectivity index is 2.02. The third kappa shape index (κ3) is 2.25. The number of nitrogens with zero attached hydrogens (tertiary/aromatic N) is 1. The first-order chi connectivity index (χ1) is 8.87. The molecule has 2 aliphatic heterocycles. The minimum atomic E-state index is -3.09. The summed E-state index contributed by atoms with van der Waals surface area (Å²) in [6.45, 7) is 0. The smallest absolute Gasteiger partial charge is 0.174 e. The maximum atomic E-state index is 14.0. The Bertz CT molecular complexity index is 665. The van der Waals surface area contributed by atoms with Gasteiger partial charge in [0.15, 0.2) is 14.9 Å². The van der Waals surface area contributed by atoms with Crippen LogP contribution in [0.5, 0.6) is 0 Å². The monoisotopic (exact) mass is 364 g/mol. The predicted molar refractivity (Wildman–Crippen MR) is 78.5 cm³/mol. The van der Waals surface area contributed by atoms with E-state index < -0.39 is 15.7 Å². The third-order valence-electron chi connectivity index (χ3n) is 3.35. The molecule has 1 N–H and O–H groups in total. The van der Waals surface area contributed by atoms with Gasteiger partial charge in [0.2, 0.25) is 0 Å². The maximum Gasteiger partial charge on any atom is 0.174 e. The Kier molecular flexibility index (Phi) is 3.06. The fourth-order valence-electron chi connectivity index (χ4n) is 2.56. The lowest BCUT2D eigenvalue weighted by atomic mass is 10.1. The lowest BCUT2D eigenvalue weighted by molar-refractivity contribution is 0.600. The van der Waals surface area contributed by atoms with Crippen LogP contribution in [0.25, 0.3) is 0 Å².